The van der Waals surface area contributed by atoms with Crippen molar-refractivity contribution in [1.29, 1.82) is 0 Å². The molecule has 12 heavy (non-hydrogen) atoms. The van der Waals surface area contributed by atoms with Crippen LogP contribution in [-0.4, -0.2) is 36.5 Å². The maximum absolute atomic E-state index is 11.2. The Morgan fingerprint density at radius 3 is 2.92 bits per heavy atom. The lowest BCUT2D eigenvalue weighted by molar-refractivity contribution is -0.119. The van der Waals surface area contributed by atoms with Crippen molar-refractivity contribution >= 4 is 11.9 Å². The third-order valence-corrected chi connectivity index (χ3v) is 2.14. The maximum Gasteiger partial charge on any atom is 0.410 e. The topological polar surface area (TPSA) is 46.6 Å². The second kappa shape index (κ2) is 3.56. The van der Waals surface area contributed by atoms with Crippen molar-refractivity contribution in [1.82, 2.24) is 4.90 Å². The first-order valence-electron chi connectivity index (χ1n) is 4.08. The van der Waals surface area contributed by atoms with E-state index < -0.39 is 6.09 Å². The van der Waals surface area contributed by atoms with E-state index in [0.29, 0.717) is 19.4 Å². The number of carbonyl (C=O) groups excluding carboxylic acids is 2. The van der Waals surface area contributed by atoms with Crippen LogP contribution in [0.1, 0.15) is 19.8 Å². The molecular weight excluding hydrogens is 158 g/mol. The van der Waals surface area contributed by atoms with E-state index in [1.54, 1.807) is 0 Å². The van der Waals surface area contributed by atoms with Crippen LogP contribution in [0.2, 0.25) is 0 Å². The first-order chi connectivity index (χ1) is 5.70. The van der Waals surface area contributed by atoms with E-state index in [0.717, 1.165) is 0 Å². The Bertz CT molecular complexity index is 202. The van der Waals surface area contributed by atoms with Crippen molar-refractivity contribution in [3.63, 3.8) is 0 Å². The van der Waals surface area contributed by atoms with Crippen LogP contribution < -0.4 is 0 Å². The molecule has 0 radical (unpaired) electrons. The molecule has 1 aliphatic heterocycles. The smallest absolute Gasteiger partial charge is 0.410 e. The number of carbonyl (C=O) groups is 2. The summed E-state index contributed by atoms with van der Waals surface area (Å²) in [5.74, 6) is 0.142. The molecule has 4 nitrogen and oxygen atoms in total. The highest BCUT2D eigenvalue weighted by atomic mass is 16.5. The lowest BCUT2D eigenvalue weighted by Gasteiger charge is -2.20. The molecule has 1 amide bonds. The SMILES string of the molecule is CCC1C(=O)CCN1C(=O)OC. The summed E-state index contributed by atoms with van der Waals surface area (Å²) in [4.78, 5) is 23.8. The van der Waals surface area contributed by atoms with Crippen molar-refractivity contribution in [2.24, 2.45) is 0 Å². The number of Topliss-reactive ketones (excluding diaryl/α,β-unsaturated/α-hetero) is 1. The van der Waals surface area contributed by atoms with Gasteiger partial charge in [0.2, 0.25) is 0 Å². The monoisotopic (exact) mass is 171 g/mol. The highest BCUT2D eigenvalue weighted by Gasteiger charge is 2.34. The van der Waals surface area contributed by atoms with Crippen molar-refractivity contribution in [3.8, 4) is 0 Å². The van der Waals surface area contributed by atoms with Crippen LogP contribution >= 0.6 is 0 Å². The van der Waals surface area contributed by atoms with Gasteiger partial charge in [0.15, 0.2) is 5.78 Å². The molecule has 1 atom stereocenters. The van der Waals surface area contributed by atoms with Crippen LogP contribution in [0.4, 0.5) is 4.79 Å². The summed E-state index contributed by atoms with van der Waals surface area (Å²) < 4.78 is 4.55. The molecule has 0 aromatic carbocycles. The standard InChI is InChI=1S/C8H13NO3/c1-3-6-7(10)4-5-9(6)8(11)12-2/h6H,3-5H2,1-2H3. The van der Waals surface area contributed by atoms with Gasteiger partial charge in [0.05, 0.1) is 13.2 Å². The molecule has 68 valence electrons. The fraction of sp³-hybridized carbons (Fsp3) is 0.750. The summed E-state index contributed by atoms with van der Waals surface area (Å²) in [6, 6.07) is -0.252. The molecule has 1 aliphatic rings. The Hall–Kier alpha value is -1.06. The Kier molecular flexibility index (Phi) is 2.68. The zero-order chi connectivity index (χ0) is 9.14. The summed E-state index contributed by atoms with van der Waals surface area (Å²) >= 11 is 0. The molecular formula is C8H13NO3. The van der Waals surface area contributed by atoms with Crippen molar-refractivity contribution in [2.75, 3.05) is 13.7 Å². The third kappa shape index (κ3) is 1.42. The van der Waals surface area contributed by atoms with Gasteiger partial charge >= 0.3 is 6.09 Å². The number of amides is 1. The van der Waals surface area contributed by atoms with Gasteiger partial charge in [-0.2, -0.15) is 0 Å². The first kappa shape index (κ1) is 9.03. The molecule has 0 aromatic rings. The number of likely N-dealkylation sites (tertiary alicyclic amines) is 1. The van der Waals surface area contributed by atoms with Gasteiger partial charge in [-0.1, -0.05) is 6.92 Å². The number of ketones is 1. The molecule has 0 aliphatic carbocycles. The quantitative estimate of drug-likeness (QED) is 0.586. The number of hydrogen-bond donors (Lipinski definition) is 0. The predicted molar refractivity (Wildman–Crippen MR) is 42.8 cm³/mol. The third-order valence-electron chi connectivity index (χ3n) is 2.14. The fourth-order valence-corrected chi connectivity index (χ4v) is 1.51. The Labute approximate surface area is 71.5 Å². The van der Waals surface area contributed by atoms with E-state index in [-0.39, 0.29) is 11.8 Å². The van der Waals surface area contributed by atoms with Gasteiger partial charge in [-0.15, -0.1) is 0 Å². The predicted octanol–water partition coefficient (Wildman–Crippen LogP) is 0.806. The van der Waals surface area contributed by atoms with Crippen LogP contribution in [0, 0.1) is 0 Å². The van der Waals surface area contributed by atoms with Crippen LogP contribution in [0.5, 0.6) is 0 Å². The Balaban J connectivity index is 2.66. The zero-order valence-corrected chi connectivity index (χ0v) is 7.37. The highest BCUT2D eigenvalue weighted by molar-refractivity contribution is 5.90. The Morgan fingerprint density at radius 2 is 2.42 bits per heavy atom. The summed E-state index contributed by atoms with van der Waals surface area (Å²) in [5.41, 5.74) is 0. The summed E-state index contributed by atoms with van der Waals surface area (Å²) in [6.07, 6.45) is 0.745. The molecule has 1 fully saturated rings. The fourth-order valence-electron chi connectivity index (χ4n) is 1.51. The molecule has 1 unspecified atom stereocenters. The van der Waals surface area contributed by atoms with Gasteiger partial charge in [-0.05, 0) is 6.42 Å². The minimum absolute atomic E-state index is 0.142. The van der Waals surface area contributed by atoms with Crippen LogP contribution in [0.15, 0.2) is 0 Å². The van der Waals surface area contributed by atoms with E-state index in [1.165, 1.54) is 12.0 Å². The lowest BCUT2D eigenvalue weighted by atomic mass is 10.1. The summed E-state index contributed by atoms with van der Waals surface area (Å²) in [5, 5.41) is 0. The van der Waals surface area contributed by atoms with Crippen molar-refractivity contribution in [2.45, 2.75) is 25.8 Å². The van der Waals surface area contributed by atoms with Crippen molar-refractivity contribution < 1.29 is 14.3 Å². The van der Waals surface area contributed by atoms with Crippen LogP contribution in [0.25, 0.3) is 0 Å². The summed E-state index contributed by atoms with van der Waals surface area (Å²) in [6.45, 7) is 2.40. The largest absolute Gasteiger partial charge is 0.453 e. The van der Waals surface area contributed by atoms with Gasteiger partial charge in [0.25, 0.3) is 0 Å². The number of hydrogen-bond acceptors (Lipinski definition) is 3. The van der Waals surface area contributed by atoms with Gasteiger partial charge < -0.3 is 4.74 Å². The van der Waals surface area contributed by atoms with Gasteiger partial charge in [-0.25, -0.2) is 4.79 Å². The van der Waals surface area contributed by atoms with Crippen LogP contribution in [0.3, 0.4) is 0 Å². The Morgan fingerprint density at radius 1 is 1.75 bits per heavy atom. The van der Waals surface area contributed by atoms with E-state index in [4.69, 9.17) is 0 Å². The maximum atomic E-state index is 11.2. The van der Waals surface area contributed by atoms with E-state index in [1.807, 2.05) is 6.92 Å². The summed E-state index contributed by atoms with van der Waals surface area (Å²) in [7, 11) is 1.33. The lowest BCUT2D eigenvalue weighted by Crippen LogP contribution is -2.37. The number of methoxy groups -OCH3 is 1. The molecule has 1 heterocycles. The van der Waals surface area contributed by atoms with E-state index in [9.17, 15) is 9.59 Å². The number of rotatable bonds is 1. The first-order valence-corrected chi connectivity index (χ1v) is 4.08. The molecule has 1 saturated heterocycles. The molecule has 0 aromatic heterocycles. The highest BCUT2D eigenvalue weighted by Crippen LogP contribution is 2.16. The number of ether oxygens (including phenoxy) is 1. The number of nitrogens with zero attached hydrogens (tertiary/aromatic N) is 1. The minimum Gasteiger partial charge on any atom is -0.453 e. The second-order valence-corrected chi connectivity index (χ2v) is 2.80. The van der Waals surface area contributed by atoms with E-state index in [2.05, 4.69) is 4.74 Å². The average Bonchev–Trinajstić information content (AvgIpc) is 2.45. The van der Waals surface area contributed by atoms with Gasteiger partial charge in [-0.3, -0.25) is 9.69 Å². The zero-order valence-electron chi connectivity index (χ0n) is 7.37. The second-order valence-electron chi connectivity index (χ2n) is 2.80. The van der Waals surface area contributed by atoms with Gasteiger partial charge in [0, 0.05) is 13.0 Å². The van der Waals surface area contributed by atoms with Gasteiger partial charge in [0.1, 0.15) is 0 Å². The normalized spacial score (nSPS) is 23.0. The van der Waals surface area contributed by atoms with Crippen molar-refractivity contribution in [3.05, 3.63) is 0 Å². The van der Waals surface area contributed by atoms with Crippen LogP contribution in [-0.2, 0) is 9.53 Å². The van der Waals surface area contributed by atoms with E-state index >= 15 is 0 Å². The molecule has 0 bridgehead atoms. The molecule has 0 N–H and O–H groups in total. The average molecular weight is 171 g/mol. The molecule has 0 saturated carbocycles. The molecule has 4 heteroatoms. The minimum atomic E-state index is -0.396. The molecule has 1 rings (SSSR count). The molecule has 0 spiro atoms.